The Balaban J connectivity index is 1.16. The third-order valence-corrected chi connectivity index (χ3v) is 14.3. The first-order chi connectivity index (χ1) is 29.5. The van der Waals surface area contributed by atoms with Gasteiger partial charge in [-0.2, -0.15) is 0 Å². The monoisotopic (exact) mass is 843 g/mol. The van der Waals surface area contributed by atoms with Crippen LogP contribution in [0.4, 0.5) is 0 Å². The SMILES string of the molecule is CCC1=C(C)C2=CC3=NC(=C(C)C4=NC(=C5CC(=O)C6=C(C)C(=CC1=N2)N=C56)[C@@H](CCC(=O)OCC=C(C)CCC[C@H](C)CCC[C@H](C)CCCC(C)C)[C@@H]4C)C(C)=C3[C@@H](C)O. The molecule has 1 N–H and O–H groups in total. The molecule has 1 aliphatic carbocycles. The summed E-state index contributed by atoms with van der Waals surface area (Å²) in [4.78, 5) is 47.9. The van der Waals surface area contributed by atoms with Crippen LogP contribution in [0.15, 0.2) is 111 Å². The molecule has 6 aliphatic rings. The Morgan fingerprint density at radius 1 is 0.823 bits per heavy atom. The first kappa shape index (κ1) is 47.2. The van der Waals surface area contributed by atoms with E-state index in [1.807, 2.05) is 26.0 Å². The van der Waals surface area contributed by atoms with Gasteiger partial charge in [0, 0.05) is 47.1 Å². The van der Waals surface area contributed by atoms with Crippen molar-refractivity contribution in [2.75, 3.05) is 6.61 Å². The summed E-state index contributed by atoms with van der Waals surface area (Å²) >= 11 is 0. The number of nitrogens with zero attached hydrogens (tertiary/aromatic N) is 4. The van der Waals surface area contributed by atoms with Crippen LogP contribution in [-0.4, -0.2) is 52.4 Å². The number of ketones is 1. The lowest BCUT2D eigenvalue weighted by Gasteiger charge is -2.19. The van der Waals surface area contributed by atoms with E-state index in [0.717, 1.165) is 110 Å². The summed E-state index contributed by atoms with van der Waals surface area (Å²) in [6.07, 6.45) is 18.6. The van der Waals surface area contributed by atoms with Crippen molar-refractivity contribution in [3.05, 3.63) is 91.2 Å². The van der Waals surface area contributed by atoms with E-state index in [1.54, 1.807) is 6.92 Å². The van der Waals surface area contributed by atoms with Crippen molar-refractivity contribution in [3.63, 3.8) is 0 Å². The van der Waals surface area contributed by atoms with Crippen LogP contribution in [-0.2, 0) is 14.3 Å². The molecule has 334 valence electrons. The summed E-state index contributed by atoms with van der Waals surface area (Å²) in [7, 11) is 0. The van der Waals surface area contributed by atoms with Crippen molar-refractivity contribution in [2.24, 2.45) is 49.6 Å². The molecule has 1 fully saturated rings. The number of aliphatic hydroxyl groups excluding tert-OH is 1. The van der Waals surface area contributed by atoms with E-state index in [4.69, 9.17) is 24.7 Å². The second-order valence-electron chi connectivity index (χ2n) is 19.6. The number of aliphatic hydroxyl groups is 1. The van der Waals surface area contributed by atoms with Gasteiger partial charge in [0.25, 0.3) is 0 Å². The van der Waals surface area contributed by atoms with Crippen LogP contribution in [0.3, 0.4) is 0 Å². The number of esters is 1. The molecule has 8 bridgehead atoms. The van der Waals surface area contributed by atoms with Gasteiger partial charge in [0.05, 0.1) is 46.0 Å². The van der Waals surface area contributed by atoms with Crippen LogP contribution in [0.2, 0.25) is 0 Å². The van der Waals surface area contributed by atoms with E-state index >= 15 is 0 Å². The first-order valence-electron chi connectivity index (χ1n) is 23.9. The maximum Gasteiger partial charge on any atom is 0.306 e. The molecule has 0 aromatic heterocycles. The molecule has 6 rings (SSSR count). The maximum atomic E-state index is 13.8. The van der Waals surface area contributed by atoms with Crippen molar-refractivity contribution in [1.82, 2.24) is 0 Å². The third kappa shape index (κ3) is 10.4. The predicted octanol–water partition coefficient (Wildman–Crippen LogP) is 12.8. The van der Waals surface area contributed by atoms with E-state index in [0.29, 0.717) is 23.4 Å². The minimum atomic E-state index is -0.735. The van der Waals surface area contributed by atoms with Crippen LogP contribution in [0.25, 0.3) is 0 Å². The Labute approximate surface area is 372 Å². The zero-order chi connectivity index (χ0) is 45.0. The number of rotatable bonds is 19. The van der Waals surface area contributed by atoms with E-state index in [2.05, 4.69) is 68.4 Å². The normalized spacial score (nSPS) is 22.8. The van der Waals surface area contributed by atoms with E-state index in [9.17, 15) is 14.7 Å². The quantitative estimate of drug-likeness (QED) is 0.103. The summed E-state index contributed by atoms with van der Waals surface area (Å²) < 4.78 is 5.80. The minimum Gasteiger partial charge on any atom is -0.461 e. The van der Waals surface area contributed by atoms with Gasteiger partial charge in [-0.1, -0.05) is 92.1 Å². The number of carbonyl (C=O) groups excluding carboxylic acids is 2. The number of aliphatic imine (C=N–C) groups is 4. The zero-order valence-electron chi connectivity index (χ0n) is 40.1. The molecule has 5 atom stereocenters. The smallest absolute Gasteiger partial charge is 0.306 e. The number of Topliss-reactive ketones (excluding diaryl/α,β-unsaturated/α-hetero) is 1. The summed E-state index contributed by atoms with van der Waals surface area (Å²) in [5, 5.41) is 11.1. The summed E-state index contributed by atoms with van der Waals surface area (Å²) in [5.74, 6) is 2.01. The Morgan fingerprint density at radius 3 is 2.13 bits per heavy atom. The molecule has 0 saturated heterocycles. The highest BCUT2D eigenvalue weighted by Gasteiger charge is 2.43. The second kappa shape index (κ2) is 20.5. The second-order valence-corrected chi connectivity index (χ2v) is 19.6. The molecule has 8 nitrogen and oxygen atoms in total. The summed E-state index contributed by atoms with van der Waals surface area (Å²) in [6, 6.07) is 0. The van der Waals surface area contributed by atoms with Crippen molar-refractivity contribution in [2.45, 2.75) is 173 Å². The van der Waals surface area contributed by atoms with Crippen LogP contribution >= 0.6 is 0 Å². The number of ether oxygens (including phenoxy) is 1. The zero-order valence-corrected chi connectivity index (χ0v) is 40.1. The molecule has 0 amide bonds. The molecule has 1 saturated carbocycles. The summed E-state index contributed by atoms with van der Waals surface area (Å²) in [6.45, 7) is 26.1. The van der Waals surface area contributed by atoms with Crippen LogP contribution in [0.5, 0.6) is 0 Å². The fraction of sp³-hybridized carbons (Fsp3) is 0.593. The van der Waals surface area contributed by atoms with Crippen molar-refractivity contribution in [3.8, 4) is 0 Å². The highest BCUT2D eigenvalue weighted by molar-refractivity contribution is 6.38. The van der Waals surface area contributed by atoms with Crippen LogP contribution < -0.4 is 0 Å². The highest BCUT2D eigenvalue weighted by Crippen LogP contribution is 2.46. The van der Waals surface area contributed by atoms with Gasteiger partial charge in [-0.25, -0.2) is 15.0 Å². The molecule has 0 spiro atoms. The first-order valence-corrected chi connectivity index (χ1v) is 23.9. The van der Waals surface area contributed by atoms with E-state index in [1.165, 1.54) is 50.5 Å². The van der Waals surface area contributed by atoms with Crippen LogP contribution in [0, 0.1) is 29.6 Å². The Morgan fingerprint density at radius 2 is 1.47 bits per heavy atom. The molecule has 62 heavy (non-hydrogen) atoms. The van der Waals surface area contributed by atoms with Gasteiger partial charge >= 0.3 is 5.97 Å². The topological polar surface area (TPSA) is 113 Å². The number of hydrogen-bond donors (Lipinski definition) is 1. The molecule has 5 heterocycles. The fourth-order valence-corrected chi connectivity index (χ4v) is 10.4. The van der Waals surface area contributed by atoms with Crippen LogP contribution in [0.1, 0.15) is 167 Å². The molecule has 8 heteroatoms. The number of hydrogen-bond acceptors (Lipinski definition) is 8. The maximum absolute atomic E-state index is 13.8. The largest absolute Gasteiger partial charge is 0.461 e. The van der Waals surface area contributed by atoms with E-state index < -0.39 is 6.10 Å². The average Bonchev–Trinajstić information content (AvgIpc) is 3.98. The van der Waals surface area contributed by atoms with Gasteiger partial charge in [-0.3, -0.25) is 14.6 Å². The number of allylic oxidation sites excluding steroid dienone is 11. The van der Waals surface area contributed by atoms with Gasteiger partial charge < -0.3 is 9.84 Å². The Hall–Kier alpha value is -4.30. The lowest BCUT2D eigenvalue weighted by molar-refractivity contribution is -0.142. The predicted molar refractivity (Wildman–Crippen MR) is 257 cm³/mol. The lowest BCUT2D eigenvalue weighted by Crippen LogP contribution is -2.19. The van der Waals surface area contributed by atoms with Gasteiger partial charge in [0.2, 0.25) is 0 Å². The molecular weight excluding hydrogens is 769 g/mol. The molecule has 0 aromatic carbocycles. The van der Waals surface area contributed by atoms with E-state index in [-0.39, 0.29) is 43.0 Å². The van der Waals surface area contributed by atoms with Crippen molar-refractivity contribution >= 4 is 34.6 Å². The average molecular weight is 843 g/mol. The molecule has 0 unspecified atom stereocenters. The Bertz CT molecular complexity index is 2220. The van der Waals surface area contributed by atoms with Gasteiger partial charge in [0.15, 0.2) is 5.78 Å². The summed E-state index contributed by atoms with van der Waals surface area (Å²) in [5.41, 5.74) is 14.8. The lowest BCUT2D eigenvalue weighted by atomic mass is 9.83. The molecule has 0 aromatic rings. The molecule has 0 radical (unpaired) electrons. The standard InChI is InChI=1S/C54H74N4O4/c1-13-40-34(7)43-29-46-49(39(12)59)37(10)52(57-46)38(11)51-35(8)41(53(58-51)42-27-47(60)50-36(9)44(56-54(42)50)28-45(40)55-43)23-24-48(61)62-26-25-33(6)22-16-21-32(5)20-15-19-31(4)18-14-17-30(2)3/h25,28-32,35,39,41,59H,13-24,26-27H2,1-12H3/t31-,32-,35+,39-,41+/m1/s1. The third-order valence-electron chi connectivity index (χ3n) is 14.3. The fourth-order valence-electron chi connectivity index (χ4n) is 10.4. The van der Waals surface area contributed by atoms with Gasteiger partial charge in [-0.15, -0.1) is 0 Å². The Kier molecular flexibility index (Phi) is 15.6. The highest BCUT2D eigenvalue weighted by atomic mass is 16.5. The van der Waals surface area contributed by atoms with Gasteiger partial charge in [-0.05, 0) is 131 Å². The van der Waals surface area contributed by atoms with Crippen molar-refractivity contribution < 1.29 is 19.4 Å². The number of fused-ring (bicyclic) bond motifs is 4. The minimum absolute atomic E-state index is 0.0497. The molecule has 5 aliphatic heterocycles. The van der Waals surface area contributed by atoms with Crippen molar-refractivity contribution in [1.29, 1.82) is 0 Å². The molecular formula is C54H74N4O4. The number of carbonyl (C=O) groups is 2. The van der Waals surface area contributed by atoms with Gasteiger partial charge in [0.1, 0.15) is 6.61 Å².